The summed E-state index contributed by atoms with van der Waals surface area (Å²) >= 11 is 0. The number of aromatic nitrogens is 1. The SMILES string of the molecule is O=C(NCc1c[nH]c2ccccc12)N1CCNCC1. The van der Waals surface area contributed by atoms with Crippen LogP contribution in [0.15, 0.2) is 30.5 Å². The van der Waals surface area contributed by atoms with E-state index < -0.39 is 0 Å². The predicted molar refractivity (Wildman–Crippen MR) is 75.0 cm³/mol. The number of hydrogen-bond donors (Lipinski definition) is 3. The molecule has 5 nitrogen and oxygen atoms in total. The molecule has 0 bridgehead atoms. The molecule has 2 aromatic rings. The molecule has 0 radical (unpaired) electrons. The first kappa shape index (κ1) is 12.0. The third kappa shape index (κ3) is 2.56. The molecule has 1 aliphatic heterocycles. The van der Waals surface area contributed by atoms with Gasteiger partial charge < -0.3 is 20.5 Å². The Balaban J connectivity index is 1.64. The minimum absolute atomic E-state index is 0.0202. The molecule has 3 rings (SSSR count). The van der Waals surface area contributed by atoms with Crippen molar-refractivity contribution in [3.05, 3.63) is 36.0 Å². The van der Waals surface area contributed by atoms with Gasteiger partial charge in [0.2, 0.25) is 0 Å². The Kier molecular flexibility index (Phi) is 3.37. The van der Waals surface area contributed by atoms with Crippen molar-refractivity contribution in [2.45, 2.75) is 6.54 Å². The number of para-hydroxylation sites is 1. The van der Waals surface area contributed by atoms with Crippen molar-refractivity contribution in [1.29, 1.82) is 0 Å². The second-order valence-corrected chi connectivity index (χ2v) is 4.76. The Labute approximate surface area is 112 Å². The molecule has 1 aromatic carbocycles. The van der Waals surface area contributed by atoms with Gasteiger partial charge in [-0.25, -0.2) is 4.79 Å². The first-order chi connectivity index (χ1) is 9.34. The van der Waals surface area contributed by atoms with E-state index in [0.717, 1.165) is 37.3 Å². The number of carbonyl (C=O) groups is 1. The molecule has 0 unspecified atom stereocenters. The predicted octanol–water partition coefficient (Wildman–Crippen LogP) is 1.28. The Morgan fingerprint density at radius 1 is 1.26 bits per heavy atom. The maximum Gasteiger partial charge on any atom is 0.317 e. The Morgan fingerprint density at radius 3 is 2.89 bits per heavy atom. The molecular formula is C14H18N4O. The summed E-state index contributed by atoms with van der Waals surface area (Å²) in [5.74, 6) is 0. The second kappa shape index (κ2) is 5.32. The van der Waals surface area contributed by atoms with Crippen molar-refractivity contribution in [3.8, 4) is 0 Å². The van der Waals surface area contributed by atoms with E-state index in [-0.39, 0.29) is 6.03 Å². The van der Waals surface area contributed by atoms with Crippen LogP contribution in [0.5, 0.6) is 0 Å². The van der Waals surface area contributed by atoms with Gasteiger partial charge in [0.05, 0.1) is 0 Å². The van der Waals surface area contributed by atoms with Gasteiger partial charge in [0.1, 0.15) is 0 Å². The van der Waals surface area contributed by atoms with Gasteiger partial charge in [0.25, 0.3) is 0 Å². The maximum atomic E-state index is 12.0. The number of aromatic amines is 1. The first-order valence-corrected chi connectivity index (χ1v) is 6.63. The monoisotopic (exact) mass is 258 g/mol. The lowest BCUT2D eigenvalue weighted by Crippen LogP contribution is -2.50. The van der Waals surface area contributed by atoms with Crippen LogP contribution in [0.1, 0.15) is 5.56 Å². The molecule has 0 aliphatic carbocycles. The number of hydrogen-bond acceptors (Lipinski definition) is 2. The zero-order valence-electron chi connectivity index (χ0n) is 10.8. The van der Waals surface area contributed by atoms with Gasteiger partial charge in [-0.3, -0.25) is 0 Å². The van der Waals surface area contributed by atoms with E-state index in [0.29, 0.717) is 6.54 Å². The van der Waals surface area contributed by atoms with E-state index in [2.05, 4.69) is 21.7 Å². The largest absolute Gasteiger partial charge is 0.361 e. The Morgan fingerprint density at radius 2 is 2.05 bits per heavy atom. The maximum absolute atomic E-state index is 12.0. The molecule has 0 atom stereocenters. The van der Waals surface area contributed by atoms with Crippen molar-refractivity contribution in [1.82, 2.24) is 20.5 Å². The number of nitrogens with one attached hydrogen (secondary N) is 3. The van der Waals surface area contributed by atoms with Crippen LogP contribution in [0.4, 0.5) is 4.79 Å². The van der Waals surface area contributed by atoms with Crippen molar-refractivity contribution < 1.29 is 4.79 Å². The van der Waals surface area contributed by atoms with Crippen molar-refractivity contribution >= 4 is 16.9 Å². The smallest absolute Gasteiger partial charge is 0.317 e. The third-order valence-electron chi connectivity index (χ3n) is 3.51. The average molecular weight is 258 g/mol. The van der Waals surface area contributed by atoms with Gasteiger partial charge in [-0.15, -0.1) is 0 Å². The topological polar surface area (TPSA) is 60.2 Å². The minimum atomic E-state index is 0.0202. The molecule has 1 aliphatic rings. The number of benzene rings is 1. The molecule has 3 N–H and O–H groups in total. The van der Waals surface area contributed by atoms with Crippen LogP contribution in [0.2, 0.25) is 0 Å². The number of H-pyrrole nitrogens is 1. The van der Waals surface area contributed by atoms with Crippen LogP contribution in [-0.2, 0) is 6.54 Å². The number of fused-ring (bicyclic) bond motifs is 1. The summed E-state index contributed by atoms with van der Waals surface area (Å²) in [6.07, 6.45) is 1.96. The lowest BCUT2D eigenvalue weighted by Gasteiger charge is -2.27. The fourth-order valence-corrected chi connectivity index (χ4v) is 2.43. The Hall–Kier alpha value is -2.01. The van der Waals surface area contributed by atoms with Crippen LogP contribution in [0.25, 0.3) is 10.9 Å². The molecule has 100 valence electrons. The van der Waals surface area contributed by atoms with E-state index in [1.54, 1.807) is 0 Å². The minimum Gasteiger partial charge on any atom is -0.361 e. The van der Waals surface area contributed by atoms with Gasteiger partial charge in [-0.2, -0.15) is 0 Å². The van der Waals surface area contributed by atoms with Crippen molar-refractivity contribution in [3.63, 3.8) is 0 Å². The van der Waals surface area contributed by atoms with Crippen LogP contribution < -0.4 is 10.6 Å². The lowest BCUT2D eigenvalue weighted by atomic mass is 10.2. The van der Waals surface area contributed by atoms with Gasteiger partial charge in [0.15, 0.2) is 0 Å². The summed E-state index contributed by atoms with van der Waals surface area (Å²) in [4.78, 5) is 17.1. The zero-order chi connectivity index (χ0) is 13.1. The fourth-order valence-electron chi connectivity index (χ4n) is 2.43. The van der Waals surface area contributed by atoms with Gasteiger partial charge in [0, 0.05) is 49.8 Å². The number of nitrogens with zero attached hydrogens (tertiary/aromatic N) is 1. The van der Waals surface area contributed by atoms with Crippen LogP contribution in [0, 0.1) is 0 Å². The molecule has 1 fully saturated rings. The van der Waals surface area contributed by atoms with Gasteiger partial charge in [-0.1, -0.05) is 18.2 Å². The summed E-state index contributed by atoms with van der Waals surface area (Å²) < 4.78 is 0. The number of carbonyl (C=O) groups excluding carboxylic acids is 1. The van der Waals surface area contributed by atoms with E-state index in [1.165, 1.54) is 5.39 Å². The number of rotatable bonds is 2. The standard InChI is InChI=1S/C14H18N4O/c19-14(18-7-5-15-6-8-18)17-10-11-9-16-13-4-2-1-3-12(11)13/h1-4,9,15-16H,5-8,10H2,(H,17,19). The zero-order valence-corrected chi connectivity index (χ0v) is 10.8. The normalized spacial score (nSPS) is 15.7. The molecular weight excluding hydrogens is 240 g/mol. The summed E-state index contributed by atoms with van der Waals surface area (Å²) in [5.41, 5.74) is 2.23. The quantitative estimate of drug-likeness (QED) is 0.760. The van der Waals surface area contributed by atoms with Crippen LogP contribution in [0.3, 0.4) is 0 Å². The van der Waals surface area contributed by atoms with Gasteiger partial charge in [-0.05, 0) is 11.6 Å². The number of amides is 2. The highest BCUT2D eigenvalue weighted by Gasteiger charge is 2.15. The summed E-state index contributed by atoms with van der Waals surface area (Å²) in [6, 6.07) is 8.14. The number of urea groups is 1. The Bertz CT molecular complexity index is 572. The molecule has 19 heavy (non-hydrogen) atoms. The van der Waals surface area contributed by atoms with Crippen molar-refractivity contribution in [2.75, 3.05) is 26.2 Å². The molecule has 2 amide bonds. The molecule has 1 aromatic heterocycles. The highest BCUT2D eigenvalue weighted by molar-refractivity contribution is 5.83. The first-order valence-electron chi connectivity index (χ1n) is 6.63. The molecule has 0 saturated carbocycles. The van der Waals surface area contributed by atoms with Crippen molar-refractivity contribution in [2.24, 2.45) is 0 Å². The molecule has 2 heterocycles. The van der Waals surface area contributed by atoms with Crippen LogP contribution in [-0.4, -0.2) is 42.1 Å². The van der Waals surface area contributed by atoms with E-state index >= 15 is 0 Å². The summed E-state index contributed by atoms with van der Waals surface area (Å²) in [6.45, 7) is 3.87. The highest BCUT2D eigenvalue weighted by Crippen LogP contribution is 2.17. The van der Waals surface area contributed by atoms with Gasteiger partial charge >= 0.3 is 6.03 Å². The van der Waals surface area contributed by atoms with E-state index in [1.807, 2.05) is 29.3 Å². The molecule has 0 spiro atoms. The summed E-state index contributed by atoms with van der Waals surface area (Å²) in [5, 5.41) is 7.39. The molecule has 5 heteroatoms. The lowest BCUT2D eigenvalue weighted by molar-refractivity contribution is 0.190. The average Bonchev–Trinajstić information content (AvgIpc) is 2.89. The van der Waals surface area contributed by atoms with E-state index in [9.17, 15) is 4.79 Å². The third-order valence-corrected chi connectivity index (χ3v) is 3.51. The van der Waals surface area contributed by atoms with Crippen LogP contribution >= 0.6 is 0 Å². The molecule has 1 saturated heterocycles. The number of piperazine rings is 1. The highest BCUT2D eigenvalue weighted by atomic mass is 16.2. The second-order valence-electron chi connectivity index (χ2n) is 4.76. The van der Waals surface area contributed by atoms with E-state index in [4.69, 9.17) is 0 Å². The summed E-state index contributed by atoms with van der Waals surface area (Å²) in [7, 11) is 0. The fraction of sp³-hybridized carbons (Fsp3) is 0.357.